The van der Waals surface area contributed by atoms with Crippen molar-refractivity contribution in [2.24, 2.45) is 0 Å². The van der Waals surface area contributed by atoms with Crippen LogP contribution in [0.3, 0.4) is 0 Å². The Bertz CT molecular complexity index is 750. The lowest BCUT2D eigenvalue weighted by atomic mass is 10.2. The number of benzene rings is 1. The van der Waals surface area contributed by atoms with Gasteiger partial charge >= 0.3 is 0 Å². The summed E-state index contributed by atoms with van der Waals surface area (Å²) in [6.07, 6.45) is 3.65. The summed E-state index contributed by atoms with van der Waals surface area (Å²) in [5.41, 5.74) is 0.819. The van der Waals surface area contributed by atoms with Crippen molar-refractivity contribution in [3.05, 3.63) is 41.3 Å². The summed E-state index contributed by atoms with van der Waals surface area (Å²) in [6, 6.07) is 6.62. The third kappa shape index (κ3) is 4.58. The SMILES string of the molecule is COc1ccc(NC(=O)c2cc(NCC3CCCO3)ncn2)cc1Cl. The lowest BCUT2D eigenvalue weighted by Gasteiger charge is -2.12. The van der Waals surface area contributed by atoms with E-state index < -0.39 is 0 Å². The number of nitrogens with zero attached hydrogens (tertiary/aromatic N) is 2. The van der Waals surface area contributed by atoms with Gasteiger partial charge < -0.3 is 20.1 Å². The molecule has 3 rings (SSSR count). The second-order valence-electron chi connectivity index (χ2n) is 5.61. The quantitative estimate of drug-likeness (QED) is 0.821. The van der Waals surface area contributed by atoms with E-state index in [9.17, 15) is 4.79 Å². The van der Waals surface area contributed by atoms with Crippen molar-refractivity contribution >= 4 is 29.0 Å². The molecule has 1 saturated heterocycles. The molecule has 0 saturated carbocycles. The summed E-state index contributed by atoms with van der Waals surface area (Å²) in [6.45, 7) is 1.46. The molecule has 1 aromatic carbocycles. The van der Waals surface area contributed by atoms with E-state index in [1.807, 2.05) is 0 Å². The van der Waals surface area contributed by atoms with Gasteiger partial charge in [0.15, 0.2) is 0 Å². The number of rotatable bonds is 6. The summed E-state index contributed by atoms with van der Waals surface area (Å²) >= 11 is 6.06. The molecule has 0 bridgehead atoms. The molecule has 0 radical (unpaired) electrons. The Morgan fingerprint density at radius 3 is 3.00 bits per heavy atom. The number of carbonyl (C=O) groups excluding carboxylic acids is 1. The third-order valence-corrected chi connectivity index (χ3v) is 4.14. The molecule has 0 spiro atoms. The van der Waals surface area contributed by atoms with Crippen LogP contribution in [0.25, 0.3) is 0 Å². The van der Waals surface area contributed by atoms with Crippen LogP contribution in [0.4, 0.5) is 11.5 Å². The van der Waals surface area contributed by atoms with Crippen molar-refractivity contribution in [2.45, 2.75) is 18.9 Å². The fraction of sp³-hybridized carbons (Fsp3) is 0.353. The van der Waals surface area contributed by atoms with Gasteiger partial charge in [-0.3, -0.25) is 4.79 Å². The van der Waals surface area contributed by atoms with Crippen molar-refractivity contribution in [3.8, 4) is 5.75 Å². The van der Waals surface area contributed by atoms with E-state index in [2.05, 4.69) is 20.6 Å². The molecule has 8 heteroatoms. The Hall–Kier alpha value is -2.38. The van der Waals surface area contributed by atoms with Crippen molar-refractivity contribution in [1.82, 2.24) is 9.97 Å². The Balaban J connectivity index is 1.63. The number of anilines is 2. The van der Waals surface area contributed by atoms with Crippen LogP contribution in [0.1, 0.15) is 23.3 Å². The molecule has 7 nitrogen and oxygen atoms in total. The molecule has 2 heterocycles. The third-order valence-electron chi connectivity index (χ3n) is 3.84. The highest BCUT2D eigenvalue weighted by molar-refractivity contribution is 6.32. The maximum absolute atomic E-state index is 12.4. The second-order valence-corrected chi connectivity index (χ2v) is 6.02. The average molecular weight is 363 g/mol. The van der Waals surface area contributed by atoms with E-state index in [1.165, 1.54) is 13.4 Å². The number of aromatic nitrogens is 2. The molecule has 1 aliphatic heterocycles. The number of halogens is 1. The maximum atomic E-state index is 12.4. The van der Waals surface area contributed by atoms with Gasteiger partial charge in [0.2, 0.25) is 0 Å². The van der Waals surface area contributed by atoms with Crippen molar-refractivity contribution in [3.63, 3.8) is 0 Å². The number of carbonyl (C=O) groups is 1. The highest BCUT2D eigenvalue weighted by Gasteiger charge is 2.16. The largest absolute Gasteiger partial charge is 0.495 e. The fourth-order valence-corrected chi connectivity index (χ4v) is 2.80. The first-order valence-electron chi connectivity index (χ1n) is 7.98. The Kier molecular flexibility index (Phi) is 5.67. The van der Waals surface area contributed by atoms with Crippen LogP contribution in [-0.4, -0.2) is 42.2 Å². The van der Waals surface area contributed by atoms with Crippen molar-refractivity contribution in [1.29, 1.82) is 0 Å². The number of amides is 1. The summed E-state index contributed by atoms with van der Waals surface area (Å²) in [5.74, 6) is 0.787. The molecular weight excluding hydrogens is 344 g/mol. The van der Waals surface area contributed by atoms with Gasteiger partial charge in [-0.25, -0.2) is 9.97 Å². The lowest BCUT2D eigenvalue weighted by Crippen LogP contribution is -2.20. The minimum atomic E-state index is -0.344. The highest BCUT2D eigenvalue weighted by Crippen LogP contribution is 2.27. The van der Waals surface area contributed by atoms with E-state index >= 15 is 0 Å². The zero-order chi connectivity index (χ0) is 17.6. The highest BCUT2D eigenvalue weighted by atomic mass is 35.5. The second kappa shape index (κ2) is 8.13. The predicted octanol–water partition coefficient (Wildman–Crippen LogP) is 2.98. The van der Waals surface area contributed by atoms with Gasteiger partial charge in [0.25, 0.3) is 5.91 Å². The van der Waals surface area contributed by atoms with E-state index in [4.69, 9.17) is 21.1 Å². The van der Waals surface area contributed by atoms with Gasteiger partial charge in [0, 0.05) is 24.9 Å². The van der Waals surface area contributed by atoms with Crippen molar-refractivity contribution < 1.29 is 14.3 Å². The number of hydrogen-bond acceptors (Lipinski definition) is 6. The predicted molar refractivity (Wildman–Crippen MR) is 95.5 cm³/mol. The van der Waals surface area contributed by atoms with E-state index in [0.717, 1.165) is 19.4 Å². The molecule has 1 amide bonds. The summed E-state index contributed by atoms with van der Waals surface area (Å²) in [7, 11) is 1.53. The van der Waals surface area contributed by atoms with Gasteiger partial charge in [0.1, 0.15) is 23.6 Å². The first-order valence-corrected chi connectivity index (χ1v) is 8.36. The number of hydrogen-bond donors (Lipinski definition) is 2. The van der Waals surface area contributed by atoms with Crippen LogP contribution in [0, 0.1) is 0 Å². The number of nitrogens with one attached hydrogen (secondary N) is 2. The Labute approximate surface area is 150 Å². The average Bonchev–Trinajstić information content (AvgIpc) is 3.14. The Morgan fingerprint density at radius 2 is 2.28 bits per heavy atom. The summed E-state index contributed by atoms with van der Waals surface area (Å²) < 4.78 is 10.6. The zero-order valence-corrected chi connectivity index (χ0v) is 14.5. The lowest BCUT2D eigenvalue weighted by molar-refractivity contribution is 0.102. The monoisotopic (exact) mass is 362 g/mol. The van der Waals surface area contributed by atoms with Gasteiger partial charge in [0.05, 0.1) is 18.2 Å². The smallest absolute Gasteiger partial charge is 0.274 e. The Morgan fingerprint density at radius 1 is 1.40 bits per heavy atom. The molecule has 2 aromatic rings. The first-order chi connectivity index (χ1) is 12.2. The summed E-state index contributed by atoms with van der Waals surface area (Å²) in [4.78, 5) is 20.5. The topological polar surface area (TPSA) is 85.4 Å². The molecular formula is C17H19ClN4O3. The number of methoxy groups -OCH3 is 1. The van der Waals surface area contributed by atoms with Crippen LogP contribution >= 0.6 is 11.6 Å². The summed E-state index contributed by atoms with van der Waals surface area (Å²) in [5, 5.41) is 6.35. The van der Waals surface area contributed by atoms with E-state index in [1.54, 1.807) is 24.3 Å². The van der Waals surface area contributed by atoms with Crippen LogP contribution in [0.2, 0.25) is 5.02 Å². The van der Waals surface area contributed by atoms with Crippen LogP contribution in [0.15, 0.2) is 30.6 Å². The van der Waals surface area contributed by atoms with E-state index in [0.29, 0.717) is 28.8 Å². The molecule has 1 atom stereocenters. The first kappa shape index (κ1) is 17.4. The van der Waals surface area contributed by atoms with Crippen LogP contribution in [-0.2, 0) is 4.74 Å². The minimum absolute atomic E-state index is 0.189. The van der Waals surface area contributed by atoms with Crippen LogP contribution < -0.4 is 15.4 Å². The van der Waals surface area contributed by atoms with Gasteiger partial charge in [-0.2, -0.15) is 0 Å². The molecule has 0 aliphatic carbocycles. The van der Waals surface area contributed by atoms with Gasteiger partial charge in [-0.1, -0.05) is 11.6 Å². The zero-order valence-electron chi connectivity index (χ0n) is 13.8. The molecule has 1 aliphatic rings. The molecule has 2 N–H and O–H groups in total. The molecule has 1 aromatic heterocycles. The van der Waals surface area contributed by atoms with Gasteiger partial charge in [-0.15, -0.1) is 0 Å². The number of ether oxygens (including phenoxy) is 2. The molecule has 1 fully saturated rings. The maximum Gasteiger partial charge on any atom is 0.274 e. The van der Waals surface area contributed by atoms with E-state index in [-0.39, 0.29) is 17.7 Å². The molecule has 132 valence electrons. The minimum Gasteiger partial charge on any atom is -0.495 e. The van der Waals surface area contributed by atoms with Gasteiger partial charge in [-0.05, 0) is 31.0 Å². The fourth-order valence-electron chi connectivity index (χ4n) is 2.54. The standard InChI is InChI=1S/C17H19ClN4O3/c1-24-15-5-4-11(7-13(15)18)22-17(23)14-8-16(21-10-20-14)19-9-12-3-2-6-25-12/h4-5,7-8,10,12H,2-3,6,9H2,1H3,(H,22,23)(H,19,20,21). The van der Waals surface area contributed by atoms with Crippen LogP contribution in [0.5, 0.6) is 5.75 Å². The molecule has 25 heavy (non-hydrogen) atoms. The van der Waals surface area contributed by atoms with Crippen molar-refractivity contribution in [2.75, 3.05) is 30.9 Å². The normalized spacial score (nSPS) is 16.5. The molecule has 1 unspecified atom stereocenters.